The van der Waals surface area contributed by atoms with E-state index in [1.54, 1.807) is 6.20 Å². The Morgan fingerprint density at radius 1 is 1.08 bits per heavy atom. The van der Waals surface area contributed by atoms with Crippen molar-refractivity contribution < 1.29 is 0 Å². The summed E-state index contributed by atoms with van der Waals surface area (Å²) in [6.45, 7) is 1.98. The highest BCUT2D eigenvalue weighted by atomic mass is 15.1. The molecule has 3 N–H and O–H groups in total. The number of nitrogens with zero attached hydrogens (tertiary/aromatic N) is 3. The maximum absolute atomic E-state index is 5.98. The van der Waals surface area contributed by atoms with Crippen molar-refractivity contribution in [1.82, 2.24) is 14.5 Å². The van der Waals surface area contributed by atoms with Gasteiger partial charge in [-0.3, -0.25) is 0 Å². The van der Waals surface area contributed by atoms with E-state index in [9.17, 15) is 0 Å². The van der Waals surface area contributed by atoms with Gasteiger partial charge in [0.15, 0.2) is 0 Å². The molecule has 0 bridgehead atoms. The van der Waals surface area contributed by atoms with Crippen LogP contribution in [-0.4, -0.2) is 14.5 Å². The molecule has 0 aliphatic carbocycles. The van der Waals surface area contributed by atoms with Crippen LogP contribution in [0.2, 0.25) is 0 Å². The summed E-state index contributed by atoms with van der Waals surface area (Å²) in [6, 6.07) is 16.1. The van der Waals surface area contributed by atoms with E-state index in [2.05, 4.69) is 38.2 Å². The van der Waals surface area contributed by atoms with Gasteiger partial charge in [0.25, 0.3) is 0 Å². The molecule has 2 aromatic carbocycles. The number of hydrogen-bond acceptors (Lipinski definition) is 4. The molecule has 0 amide bonds. The van der Waals surface area contributed by atoms with Crippen molar-refractivity contribution in [2.45, 2.75) is 6.92 Å². The highest BCUT2D eigenvalue weighted by Gasteiger charge is 2.10. The minimum absolute atomic E-state index is 0.550. The fourth-order valence-corrected chi connectivity index (χ4v) is 2.96. The quantitative estimate of drug-likeness (QED) is 0.551. The topological polar surface area (TPSA) is 68.8 Å². The zero-order valence-electron chi connectivity index (χ0n) is 14.2. The van der Waals surface area contributed by atoms with Crippen molar-refractivity contribution in [1.29, 1.82) is 0 Å². The predicted molar refractivity (Wildman–Crippen MR) is 103 cm³/mol. The first kappa shape index (κ1) is 15.2. The summed E-state index contributed by atoms with van der Waals surface area (Å²) in [4.78, 5) is 9.01. The van der Waals surface area contributed by atoms with Gasteiger partial charge in [-0.25, -0.2) is 9.97 Å². The Balaban J connectivity index is 1.72. The Bertz CT molecular complexity index is 1060. The normalized spacial score (nSPS) is 11.0. The molecule has 4 rings (SSSR count). The van der Waals surface area contributed by atoms with Crippen LogP contribution in [0.3, 0.4) is 0 Å². The van der Waals surface area contributed by atoms with Gasteiger partial charge < -0.3 is 15.6 Å². The molecule has 124 valence electrons. The van der Waals surface area contributed by atoms with Crippen molar-refractivity contribution in [3.63, 3.8) is 0 Å². The van der Waals surface area contributed by atoms with Gasteiger partial charge in [-0.05, 0) is 36.8 Å². The van der Waals surface area contributed by atoms with Gasteiger partial charge in [0.05, 0.1) is 5.69 Å². The fourth-order valence-electron chi connectivity index (χ4n) is 2.96. The van der Waals surface area contributed by atoms with Gasteiger partial charge in [-0.2, -0.15) is 0 Å². The molecule has 5 heteroatoms. The van der Waals surface area contributed by atoms with E-state index in [0.717, 1.165) is 28.2 Å². The Hall–Kier alpha value is -3.34. The van der Waals surface area contributed by atoms with Crippen LogP contribution in [0.5, 0.6) is 0 Å². The van der Waals surface area contributed by atoms with Gasteiger partial charge in [0.2, 0.25) is 5.95 Å². The Labute approximate surface area is 146 Å². The minimum Gasteiger partial charge on any atom is -0.398 e. The first-order valence-electron chi connectivity index (χ1n) is 8.12. The summed E-state index contributed by atoms with van der Waals surface area (Å²) < 4.78 is 2.11. The third-order valence-corrected chi connectivity index (χ3v) is 4.36. The zero-order chi connectivity index (χ0) is 17.4. The second-order valence-corrected chi connectivity index (χ2v) is 6.13. The average molecular weight is 329 g/mol. The first-order valence-corrected chi connectivity index (χ1v) is 8.12. The van der Waals surface area contributed by atoms with Crippen LogP contribution in [0.4, 0.5) is 17.3 Å². The van der Waals surface area contributed by atoms with Gasteiger partial charge in [0, 0.05) is 47.3 Å². The summed E-state index contributed by atoms with van der Waals surface area (Å²) in [5.74, 6) is 0.550. The van der Waals surface area contributed by atoms with Crippen LogP contribution in [0.25, 0.3) is 22.2 Å². The van der Waals surface area contributed by atoms with Crippen LogP contribution in [0.1, 0.15) is 5.56 Å². The number of hydrogen-bond donors (Lipinski definition) is 2. The lowest BCUT2D eigenvalue weighted by Crippen LogP contribution is -1.99. The number of benzene rings is 2. The maximum Gasteiger partial charge on any atom is 0.227 e. The number of aryl methyl sites for hydroxylation is 2. The standard InChI is InChI=1S/C20H19N5/c1-13-7-8-14(11-17(13)21)23-20-22-10-9-18(24-20)16-12-25(2)19-6-4-3-5-15(16)19/h3-12H,21H2,1-2H3,(H,22,23,24). The lowest BCUT2D eigenvalue weighted by atomic mass is 10.1. The smallest absolute Gasteiger partial charge is 0.227 e. The third-order valence-electron chi connectivity index (χ3n) is 4.36. The van der Waals surface area contributed by atoms with Crippen LogP contribution >= 0.6 is 0 Å². The van der Waals surface area contributed by atoms with Crippen LogP contribution in [-0.2, 0) is 7.05 Å². The lowest BCUT2D eigenvalue weighted by Gasteiger charge is -2.08. The molecule has 2 aromatic heterocycles. The summed E-state index contributed by atoms with van der Waals surface area (Å²) in [5, 5.41) is 4.40. The van der Waals surface area contributed by atoms with Crippen LogP contribution in [0.15, 0.2) is 60.9 Å². The molecule has 0 aliphatic rings. The van der Waals surface area contributed by atoms with Crippen molar-refractivity contribution in [2.24, 2.45) is 7.05 Å². The van der Waals surface area contributed by atoms with E-state index in [0.29, 0.717) is 5.95 Å². The molecular weight excluding hydrogens is 310 g/mol. The molecular formula is C20H19N5. The molecule has 2 heterocycles. The molecule has 0 fully saturated rings. The van der Waals surface area contributed by atoms with E-state index in [-0.39, 0.29) is 0 Å². The molecule has 0 spiro atoms. The lowest BCUT2D eigenvalue weighted by molar-refractivity contribution is 0.969. The van der Waals surface area contributed by atoms with E-state index >= 15 is 0 Å². The number of fused-ring (bicyclic) bond motifs is 1. The number of anilines is 3. The van der Waals surface area contributed by atoms with E-state index in [1.165, 1.54) is 10.9 Å². The molecule has 0 unspecified atom stereocenters. The number of aromatic nitrogens is 3. The molecule has 25 heavy (non-hydrogen) atoms. The zero-order valence-corrected chi connectivity index (χ0v) is 14.2. The maximum atomic E-state index is 5.98. The Morgan fingerprint density at radius 2 is 1.92 bits per heavy atom. The predicted octanol–water partition coefficient (Wildman–Crippen LogP) is 4.27. The number of nitrogens with two attached hydrogens (primary N) is 1. The molecule has 0 atom stereocenters. The Morgan fingerprint density at radius 3 is 2.76 bits per heavy atom. The third kappa shape index (κ3) is 2.80. The van der Waals surface area contributed by atoms with Gasteiger partial charge >= 0.3 is 0 Å². The SMILES string of the molecule is Cc1ccc(Nc2nccc(-c3cn(C)c4ccccc34)n2)cc1N. The van der Waals surface area contributed by atoms with Crippen LogP contribution in [0, 0.1) is 6.92 Å². The van der Waals surface area contributed by atoms with Gasteiger partial charge in [0.1, 0.15) is 0 Å². The largest absolute Gasteiger partial charge is 0.398 e. The number of rotatable bonds is 3. The number of para-hydroxylation sites is 1. The summed E-state index contributed by atoms with van der Waals surface area (Å²) in [6.07, 6.45) is 3.87. The molecule has 0 aliphatic heterocycles. The van der Waals surface area contributed by atoms with Crippen molar-refractivity contribution in [3.8, 4) is 11.3 Å². The van der Waals surface area contributed by atoms with Crippen LogP contribution < -0.4 is 11.1 Å². The molecule has 0 radical (unpaired) electrons. The van der Waals surface area contributed by atoms with Gasteiger partial charge in [-0.15, -0.1) is 0 Å². The molecule has 4 aromatic rings. The molecule has 0 saturated heterocycles. The van der Waals surface area contributed by atoms with Crippen molar-refractivity contribution in [3.05, 3.63) is 66.5 Å². The highest BCUT2D eigenvalue weighted by Crippen LogP contribution is 2.29. The van der Waals surface area contributed by atoms with Crippen molar-refractivity contribution in [2.75, 3.05) is 11.1 Å². The van der Waals surface area contributed by atoms with E-state index in [4.69, 9.17) is 5.73 Å². The fraction of sp³-hybridized carbons (Fsp3) is 0.100. The van der Waals surface area contributed by atoms with Gasteiger partial charge in [-0.1, -0.05) is 24.3 Å². The summed E-state index contributed by atoms with van der Waals surface area (Å²) in [5.41, 5.74) is 11.8. The molecule has 0 saturated carbocycles. The average Bonchev–Trinajstić information content (AvgIpc) is 2.96. The second kappa shape index (κ2) is 5.94. The summed E-state index contributed by atoms with van der Waals surface area (Å²) in [7, 11) is 2.04. The highest BCUT2D eigenvalue weighted by molar-refractivity contribution is 5.95. The minimum atomic E-state index is 0.550. The molecule has 5 nitrogen and oxygen atoms in total. The van der Waals surface area contributed by atoms with E-state index < -0.39 is 0 Å². The number of nitrogen functional groups attached to an aromatic ring is 1. The van der Waals surface area contributed by atoms with E-state index in [1.807, 2.05) is 50.4 Å². The number of nitrogens with one attached hydrogen (secondary N) is 1. The second-order valence-electron chi connectivity index (χ2n) is 6.13. The monoisotopic (exact) mass is 329 g/mol. The van der Waals surface area contributed by atoms with Crippen molar-refractivity contribution >= 4 is 28.2 Å². The summed E-state index contributed by atoms with van der Waals surface area (Å²) >= 11 is 0. The Kier molecular flexibility index (Phi) is 3.61. The first-order chi connectivity index (χ1) is 12.1.